The number of carbonyl (C=O) groups is 2. The zero-order chi connectivity index (χ0) is 18.0. The van der Waals surface area contributed by atoms with E-state index >= 15 is 0 Å². The molecule has 3 rings (SSSR count). The van der Waals surface area contributed by atoms with Crippen LogP contribution in [0.4, 0.5) is 5.69 Å². The van der Waals surface area contributed by atoms with Crippen LogP contribution in [0, 0.1) is 0 Å². The summed E-state index contributed by atoms with van der Waals surface area (Å²) in [6.45, 7) is 0. The molecule has 0 heterocycles. The molecular weight excluding hydrogens is 341 g/mol. The van der Waals surface area contributed by atoms with Crippen molar-refractivity contribution in [2.24, 2.45) is 0 Å². The van der Waals surface area contributed by atoms with Crippen LogP contribution in [-0.4, -0.2) is 51.7 Å². The van der Waals surface area contributed by atoms with E-state index in [1.54, 1.807) is 54.6 Å². The second-order valence-corrected chi connectivity index (χ2v) is 5.48. The zero-order valence-corrected chi connectivity index (χ0v) is 13.1. The summed E-state index contributed by atoms with van der Waals surface area (Å²) in [6, 6.07) is 18.8. The van der Waals surface area contributed by atoms with Gasteiger partial charge in [-0.15, -0.1) is 0 Å². The van der Waals surface area contributed by atoms with E-state index in [0.717, 1.165) is 0 Å². The molecule has 0 aliphatic carbocycles. The maximum absolute atomic E-state index is 11.9. The van der Waals surface area contributed by atoms with E-state index in [1.807, 2.05) is 6.07 Å². The van der Waals surface area contributed by atoms with Gasteiger partial charge in [0.15, 0.2) is 0 Å². The molecule has 4 N–H and O–H groups in total. The van der Waals surface area contributed by atoms with E-state index in [4.69, 9.17) is 5.73 Å². The van der Waals surface area contributed by atoms with Gasteiger partial charge in [-0.25, -0.2) is 9.59 Å². The number of aromatic carboxylic acids is 2. The number of carboxylic acids is 2. The van der Waals surface area contributed by atoms with Crippen molar-refractivity contribution in [3.8, 4) is 22.3 Å². The fourth-order valence-electron chi connectivity index (χ4n) is 2.90. The van der Waals surface area contributed by atoms with Crippen LogP contribution >= 0.6 is 0 Å². The number of nitrogen functional groups attached to an aromatic ring is 1. The van der Waals surface area contributed by atoms with Crippen molar-refractivity contribution in [3.63, 3.8) is 0 Å². The Morgan fingerprint density at radius 1 is 0.731 bits per heavy atom. The first-order valence-electron chi connectivity index (χ1n) is 7.54. The predicted octanol–water partition coefficient (Wildman–Crippen LogP) is 3.35. The van der Waals surface area contributed by atoms with E-state index in [1.165, 1.54) is 6.07 Å². The van der Waals surface area contributed by atoms with Gasteiger partial charge in [-0.3, -0.25) is 0 Å². The first-order valence-corrected chi connectivity index (χ1v) is 7.54. The van der Waals surface area contributed by atoms with E-state index < -0.39 is 11.9 Å². The average Bonchev–Trinajstić information content (AvgIpc) is 2.61. The van der Waals surface area contributed by atoms with Gasteiger partial charge in [0.1, 0.15) is 0 Å². The minimum atomic E-state index is -1.20. The van der Waals surface area contributed by atoms with Crippen molar-refractivity contribution in [2.45, 2.75) is 0 Å². The Hall–Kier alpha value is -2.60. The number of hydrogen-bond donors (Lipinski definition) is 3. The Kier molecular flexibility index (Phi) is 6.21. The van der Waals surface area contributed by atoms with Gasteiger partial charge in [0, 0.05) is 16.8 Å². The van der Waals surface area contributed by atoms with E-state index in [9.17, 15) is 19.8 Å². The van der Waals surface area contributed by atoms with Crippen LogP contribution in [0.2, 0.25) is 0 Å². The van der Waals surface area contributed by atoms with Gasteiger partial charge in [-0.05, 0) is 17.2 Å². The van der Waals surface area contributed by atoms with Crippen LogP contribution in [0.25, 0.3) is 22.3 Å². The second kappa shape index (κ2) is 8.19. The molecule has 3 aromatic carbocycles. The van der Waals surface area contributed by atoms with Crippen LogP contribution in [0.1, 0.15) is 20.7 Å². The van der Waals surface area contributed by atoms with Crippen molar-refractivity contribution in [3.05, 3.63) is 77.9 Å². The molecule has 0 saturated heterocycles. The predicted molar refractivity (Wildman–Crippen MR) is 103 cm³/mol. The molecule has 26 heavy (non-hydrogen) atoms. The molecule has 0 aromatic heterocycles. The Bertz CT molecular complexity index is 957. The normalized spacial score (nSPS) is 10.0. The van der Waals surface area contributed by atoms with Crippen LogP contribution < -0.4 is 5.73 Å². The molecule has 0 fully saturated rings. The van der Waals surface area contributed by atoms with E-state index in [-0.39, 0.29) is 46.4 Å². The maximum atomic E-state index is 11.9. The number of hydrogen-bond acceptors (Lipinski definition) is 3. The summed E-state index contributed by atoms with van der Waals surface area (Å²) in [4.78, 5) is 23.7. The third-order valence-electron chi connectivity index (χ3n) is 3.93. The summed E-state index contributed by atoms with van der Waals surface area (Å²) in [5, 5.41) is 19.3. The molecule has 3 aromatic rings. The van der Waals surface area contributed by atoms with E-state index in [2.05, 4.69) is 0 Å². The molecule has 0 saturated carbocycles. The Morgan fingerprint density at radius 3 is 1.62 bits per heavy atom. The molecule has 0 bridgehead atoms. The molecule has 0 spiro atoms. The molecule has 0 aliphatic heterocycles. The molecule has 6 heteroatoms. The summed E-state index contributed by atoms with van der Waals surface area (Å²) in [6.07, 6.45) is 0. The van der Waals surface area contributed by atoms with Gasteiger partial charge >= 0.3 is 41.5 Å². The van der Waals surface area contributed by atoms with Gasteiger partial charge in [0.05, 0.1) is 11.1 Å². The quantitative estimate of drug-likeness (QED) is 0.491. The van der Waals surface area contributed by atoms with Crippen molar-refractivity contribution in [1.82, 2.24) is 0 Å². The number of rotatable bonds is 4. The first kappa shape index (κ1) is 19.7. The Labute approximate surface area is 172 Å². The topological polar surface area (TPSA) is 101 Å². The fourth-order valence-corrected chi connectivity index (χ4v) is 2.90. The van der Waals surface area contributed by atoms with E-state index in [0.29, 0.717) is 22.3 Å². The summed E-state index contributed by atoms with van der Waals surface area (Å²) in [5.41, 5.74) is 7.53. The molecule has 0 aliphatic rings. The zero-order valence-electron chi connectivity index (χ0n) is 13.1. The number of carboxylic acid groups (broad SMARTS) is 2. The van der Waals surface area contributed by atoms with Crippen molar-refractivity contribution in [2.75, 3.05) is 5.73 Å². The molecule has 0 atom stereocenters. The average molecular weight is 357 g/mol. The van der Waals surface area contributed by atoms with Gasteiger partial charge in [0.2, 0.25) is 0 Å². The standard InChI is InChI=1S/C20H15NO4.Na.H/c21-15-11-14(19(22)23)16(12-7-3-1-4-8-12)17(18(15)20(24)25)13-9-5-2-6-10-13;;/h1-11H,21H2,(H,22,23)(H,24,25);;. The van der Waals surface area contributed by atoms with Crippen molar-refractivity contribution in [1.29, 1.82) is 0 Å². The second-order valence-electron chi connectivity index (χ2n) is 5.48. The van der Waals surface area contributed by atoms with Crippen molar-refractivity contribution >= 4 is 47.2 Å². The SMILES string of the molecule is Nc1cc(C(=O)O)c(-c2ccccc2)c(-c2ccccc2)c1C(=O)O.[NaH]. The number of anilines is 1. The van der Waals surface area contributed by atoms with Gasteiger partial charge < -0.3 is 15.9 Å². The Balaban J connectivity index is 0.00000243. The van der Waals surface area contributed by atoms with Gasteiger partial charge in [0.25, 0.3) is 0 Å². The molecule has 0 radical (unpaired) electrons. The summed E-state index contributed by atoms with van der Waals surface area (Å²) < 4.78 is 0. The molecule has 0 unspecified atom stereocenters. The monoisotopic (exact) mass is 357 g/mol. The van der Waals surface area contributed by atoms with Gasteiger partial charge in [-0.2, -0.15) is 0 Å². The van der Waals surface area contributed by atoms with Crippen molar-refractivity contribution < 1.29 is 19.8 Å². The number of benzene rings is 3. The van der Waals surface area contributed by atoms with Gasteiger partial charge in [-0.1, -0.05) is 60.7 Å². The third-order valence-corrected chi connectivity index (χ3v) is 3.93. The summed E-state index contributed by atoms with van der Waals surface area (Å²) >= 11 is 0. The molecule has 0 amide bonds. The third kappa shape index (κ3) is 3.65. The molecular formula is C20H16NNaO4. The van der Waals surface area contributed by atoms with Crippen LogP contribution in [0.5, 0.6) is 0 Å². The molecule has 5 nitrogen and oxygen atoms in total. The summed E-state index contributed by atoms with van der Waals surface area (Å²) in [5.74, 6) is -2.37. The fraction of sp³-hybridized carbons (Fsp3) is 0. The first-order chi connectivity index (χ1) is 12.0. The number of nitrogens with two attached hydrogens (primary N) is 1. The van der Waals surface area contributed by atoms with Crippen LogP contribution in [0.3, 0.4) is 0 Å². The summed E-state index contributed by atoms with van der Waals surface area (Å²) in [7, 11) is 0. The van der Waals surface area contributed by atoms with Crippen LogP contribution in [-0.2, 0) is 0 Å². The van der Waals surface area contributed by atoms with Crippen LogP contribution in [0.15, 0.2) is 66.7 Å². The minimum absolute atomic E-state index is 0. The Morgan fingerprint density at radius 2 is 1.19 bits per heavy atom. The molecule has 126 valence electrons.